The molecule has 0 aliphatic carbocycles. The third-order valence-electron chi connectivity index (χ3n) is 3.40. The van der Waals surface area contributed by atoms with Gasteiger partial charge < -0.3 is 15.8 Å². The summed E-state index contributed by atoms with van der Waals surface area (Å²) in [5.74, 6) is -0.176. The van der Waals surface area contributed by atoms with E-state index < -0.39 is 6.04 Å². The molecule has 3 N–H and O–H groups in total. The van der Waals surface area contributed by atoms with Crippen LogP contribution in [0.15, 0.2) is 54.6 Å². The van der Waals surface area contributed by atoms with E-state index in [-0.39, 0.29) is 5.91 Å². The van der Waals surface area contributed by atoms with Crippen LogP contribution in [-0.2, 0) is 22.7 Å². The fraction of sp³-hybridized carbons (Fsp3) is 0.278. The first kappa shape index (κ1) is 16.2. The third-order valence-corrected chi connectivity index (χ3v) is 3.40. The van der Waals surface area contributed by atoms with Gasteiger partial charge in [0.25, 0.3) is 0 Å². The first-order valence-corrected chi connectivity index (χ1v) is 7.44. The van der Waals surface area contributed by atoms with Crippen LogP contribution in [0.2, 0.25) is 0 Å². The van der Waals surface area contributed by atoms with Gasteiger partial charge in [0.1, 0.15) is 6.04 Å². The van der Waals surface area contributed by atoms with Crippen molar-refractivity contribution < 1.29 is 9.53 Å². The van der Waals surface area contributed by atoms with E-state index in [9.17, 15) is 4.79 Å². The lowest BCUT2D eigenvalue weighted by Crippen LogP contribution is -2.33. The van der Waals surface area contributed by atoms with Crippen LogP contribution < -0.4 is 11.1 Å². The molecule has 22 heavy (non-hydrogen) atoms. The van der Waals surface area contributed by atoms with Crippen molar-refractivity contribution in [1.29, 1.82) is 0 Å². The molecule has 1 unspecified atom stereocenters. The largest absolute Gasteiger partial charge is 0.377 e. The first-order valence-electron chi connectivity index (χ1n) is 7.44. The molecule has 0 aliphatic rings. The van der Waals surface area contributed by atoms with Gasteiger partial charge in [0.05, 0.1) is 6.61 Å². The van der Waals surface area contributed by atoms with Crippen molar-refractivity contribution in [3.05, 3.63) is 71.3 Å². The van der Waals surface area contributed by atoms with Crippen molar-refractivity contribution in [2.45, 2.75) is 26.1 Å². The Morgan fingerprint density at radius 3 is 2.36 bits per heavy atom. The predicted molar refractivity (Wildman–Crippen MR) is 87.0 cm³/mol. The Bertz CT molecular complexity index is 582. The van der Waals surface area contributed by atoms with E-state index in [0.717, 1.165) is 16.7 Å². The Hall–Kier alpha value is -2.17. The van der Waals surface area contributed by atoms with E-state index in [0.29, 0.717) is 19.8 Å². The van der Waals surface area contributed by atoms with Crippen molar-refractivity contribution in [2.24, 2.45) is 5.73 Å². The van der Waals surface area contributed by atoms with Crippen molar-refractivity contribution in [1.82, 2.24) is 5.32 Å². The molecular formula is C18H22N2O2. The molecule has 1 atom stereocenters. The van der Waals surface area contributed by atoms with Crippen LogP contribution in [0.25, 0.3) is 0 Å². The molecule has 1 amide bonds. The highest BCUT2D eigenvalue weighted by molar-refractivity contribution is 5.82. The smallest absolute Gasteiger partial charge is 0.241 e. The van der Waals surface area contributed by atoms with Crippen LogP contribution >= 0.6 is 0 Å². The Morgan fingerprint density at radius 2 is 1.73 bits per heavy atom. The summed E-state index contributed by atoms with van der Waals surface area (Å²) in [7, 11) is 0. The zero-order chi connectivity index (χ0) is 15.8. The van der Waals surface area contributed by atoms with Crippen molar-refractivity contribution >= 4 is 5.91 Å². The second kappa shape index (κ2) is 8.32. The normalized spacial score (nSPS) is 11.9. The fourth-order valence-electron chi connectivity index (χ4n) is 2.08. The molecule has 0 heterocycles. The average Bonchev–Trinajstić information content (AvgIpc) is 2.58. The van der Waals surface area contributed by atoms with Gasteiger partial charge in [-0.1, -0.05) is 54.6 Å². The molecule has 2 aromatic carbocycles. The summed E-state index contributed by atoms with van der Waals surface area (Å²) in [5, 5.41) is 2.86. The van der Waals surface area contributed by atoms with E-state index in [1.165, 1.54) is 0 Å². The summed E-state index contributed by atoms with van der Waals surface area (Å²) in [5.41, 5.74) is 8.92. The Kier molecular flexibility index (Phi) is 6.13. The number of carbonyl (C=O) groups excluding carboxylic acids is 1. The Morgan fingerprint density at radius 1 is 1.09 bits per heavy atom. The minimum absolute atomic E-state index is 0.176. The fourth-order valence-corrected chi connectivity index (χ4v) is 2.08. The van der Waals surface area contributed by atoms with Crippen molar-refractivity contribution in [3.8, 4) is 0 Å². The van der Waals surface area contributed by atoms with Crippen LogP contribution in [0.4, 0.5) is 0 Å². The lowest BCUT2D eigenvalue weighted by atomic mass is 10.1. The summed E-state index contributed by atoms with van der Waals surface area (Å²) in [6, 6.07) is 16.7. The van der Waals surface area contributed by atoms with Gasteiger partial charge in [0.2, 0.25) is 5.91 Å². The van der Waals surface area contributed by atoms with Crippen LogP contribution in [0, 0.1) is 0 Å². The topological polar surface area (TPSA) is 64.3 Å². The highest BCUT2D eigenvalue weighted by Crippen LogP contribution is 2.10. The summed E-state index contributed by atoms with van der Waals surface area (Å²) >= 11 is 0. The number of hydrogen-bond acceptors (Lipinski definition) is 3. The first-order chi connectivity index (χ1) is 10.7. The quantitative estimate of drug-likeness (QED) is 0.825. The molecule has 0 fully saturated rings. The van der Waals surface area contributed by atoms with E-state index in [4.69, 9.17) is 10.5 Å². The molecule has 2 rings (SSSR count). The summed E-state index contributed by atoms with van der Waals surface area (Å²) in [4.78, 5) is 12.1. The van der Waals surface area contributed by atoms with Crippen LogP contribution in [0.3, 0.4) is 0 Å². The minimum Gasteiger partial charge on any atom is -0.377 e. The number of benzene rings is 2. The predicted octanol–water partition coefficient (Wildman–Crippen LogP) is 2.54. The van der Waals surface area contributed by atoms with E-state index >= 15 is 0 Å². The molecule has 4 heteroatoms. The standard InChI is InChI=1S/C18H22N2O2/c1-2-22-13-15-10-8-14(9-11-15)12-20-18(21)17(19)16-6-4-3-5-7-16/h3-11,17H,2,12-13,19H2,1H3,(H,20,21). The number of amides is 1. The van der Waals surface area contributed by atoms with Crippen molar-refractivity contribution in [2.75, 3.05) is 6.61 Å². The second-order valence-corrected chi connectivity index (χ2v) is 5.06. The van der Waals surface area contributed by atoms with Gasteiger partial charge in [-0.3, -0.25) is 4.79 Å². The maximum Gasteiger partial charge on any atom is 0.241 e. The van der Waals surface area contributed by atoms with Crippen LogP contribution in [-0.4, -0.2) is 12.5 Å². The van der Waals surface area contributed by atoms with Gasteiger partial charge in [-0.15, -0.1) is 0 Å². The van der Waals surface area contributed by atoms with Gasteiger partial charge in [-0.25, -0.2) is 0 Å². The molecule has 2 aromatic rings. The molecule has 116 valence electrons. The van der Waals surface area contributed by atoms with Crippen LogP contribution in [0.1, 0.15) is 29.7 Å². The van der Waals surface area contributed by atoms with Crippen molar-refractivity contribution in [3.63, 3.8) is 0 Å². The van der Waals surface area contributed by atoms with Gasteiger partial charge in [-0.05, 0) is 23.6 Å². The van der Waals surface area contributed by atoms with Gasteiger partial charge in [-0.2, -0.15) is 0 Å². The molecule has 0 bridgehead atoms. The zero-order valence-corrected chi connectivity index (χ0v) is 12.8. The number of ether oxygens (including phenoxy) is 1. The Labute approximate surface area is 131 Å². The van der Waals surface area contributed by atoms with Gasteiger partial charge >= 0.3 is 0 Å². The van der Waals surface area contributed by atoms with Gasteiger partial charge in [0, 0.05) is 13.2 Å². The zero-order valence-electron chi connectivity index (χ0n) is 12.8. The number of rotatable bonds is 7. The summed E-state index contributed by atoms with van der Waals surface area (Å²) < 4.78 is 5.35. The molecule has 0 aliphatic heterocycles. The molecule has 0 aromatic heterocycles. The molecule has 0 spiro atoms. The average molecular weight is 298 g/mol. The number of nitrogens with one attached hydrogen (secondary N) is 1. The molecular weight excluding hydrogens is 276 g/mol. The molecule has 4 nitrogen and oxygen atoms in total. The number of carbonyl (C=O) groups is 1. The number of hydrogen-bond donors (Lipinski definition) is 2. The summed E-state index contributed by atoms with van der Waals surface area (Å²) in [6.07, 6.45) is 0. The van der Waals surface area contributed by atoms with E-state index in [1.54, 1.807) is 0 Å². The lowest BCUT2D eigenvalue weighted by molar-refractivity contribution is -0.122. The molecule has 0 saturated heterocycles. The second-order valence-electron chi connectivity index (χ2n) is 5.06. The highest BCUT2D eigenvalue weighted by Gasteiger charge is 2.14. The maximum absolute atomic E-state index is 12.1. The van der Waals surface area contributed by atoms with E-state index in [2.05, 4.69) is 5.32 Å². The summed E-state index contributed by atoms with van der Waals surface area (Å²) in [6.45, 7) is 3.76. The number of nitrogens with two attached hydrogens (primary N) is 1. The van der Waals surface area contributed by atoms with Crippen LogP contribution in [0.5, 0.6) is 0 Å². The minimum atomic E-state index is -0.640. The highest BCUT2D eigenvalue weighted by atomic mass is 16.5. The van der Waals surface area contributed by atoms with E-state index in [1.807, 2.05) is 61.5 Å². The molecule has 0 saturated carbocycles. The third kappa shape index (κ3) is 4.69. The van der Waals surface area contributed by atoms with Gasteiger partial charge in [0.15, 0.2) is 0 Å². The SMILES string of the molecule is CCOCc1ccc(CNC(=O)C(N)c2ccccc2)cc1. The molecule has 0 radical (unpaired) electrons. The lowest BCUT2D eigenvalue weighted by Gasteiger charge is -2.12. The monoisotopic (exact) mass is 298 g/mol. The maximum atomic E-state index is 12.1. The Balaban J connectivity index is 1.85.